The lowest BCUT2D eigenvalue weighted by molar-refractivity contribution is 0.272. The normalized spacial score (nSPS) is 12.5. The number of benzene rings is 1. The summed E-state index contributed by atoms with van der Waals surface area (Å²) < 4.78 is 0. The molecule has 0 aromatic heterocycles. The van der Waals surface area contributed by atoms with Gasteiger partial charge in [-0.1, -0.05) is 160 Å². The summed E-state index contributed by atoms with van der Waals surface area (Å²) in [4.78, 5) is 0. The van der Waals surface area contributed by atoms with Gasteiger partial charge in [0.25, 0.3) is 0 Å². The van der Waals surface area contributed by atoms with Crippen LogP contribution >= 0.6 is 0 Å². The Labute approximate surface area is 207 Å². The van der Waals surface area contributed by atoms with Crippen LogP contribution in [0.15, 0.2) is 30.3 Å². The first-order chi connectivity index (χ1) is 15.7. The third-order valence-electron chi connectivity index (χ3n) is 7.57. The number of hydrogen-bond donors (Lipinski definition) is 1. The minimum atomic E-state index is 0. The van der Waals surface area contributed by atoms with Gasteiger partial charge in [0.15, 0.2) is 0 Å². The van der Waals surface area contributed by atoms with Crippen LogP contribution in [0.1, 0.15) is 155 Å². The van der Waals surface area contributed by atoms with E-state index in [1.807, 2.05) is 0 Å². The van der Waals surface area contributed by atoms with Crippen LogP contribution in [-0.2, 0) is 5.41 Å². The molecule has 0 saturated carbocycles. The second-order valence-electron chi connectivity index (χ2n) is 10.4. The molecule has 1 aromatic carbocycles. The summed E-state index contributed by atoms with van der Waals surface area (Å²) in [6.07, 6.45) is 27.3. The van der Waals surface area contributed by atoms with Crippen LogP contribution in [0, 0.1) is 0 Å². The number of nitrogens with two attached hydrogens (primary N) is 1. The molecule has 0 fully saturated rings. The molecule has 33 heavy (non-hydrogen) atoms. The van der Waals surface area contributed by atoms with Gasteiger partial charge >= 0.3 is 0 Å². The van der Waals surface area contributed by atoms with Gasteiger partial charge in [-0.2, -0.15) is 0 Å². The molecule has 1 aromatic rings. The van der Waals surface area contributed by atoms with Crippen LogP contribution in [0.25, 0.3) is 0 Å². The molecule has 0 heterocycles. The Bertz CT molecular complexity index is 509. The Kier molecular flexibility index (Phi) is 21.1. The molecule has 1 atom stereocenters. The maximum absolute atomic E-state index is 6.91. The molecule has 0 aliphatic heterocycles. The zero-order chi connectivity index (χ0) is 23.3. The first-order valence-electron chi connectivity index (χ1n) is 14.5. The summed E-state index contributed by atoms with van der Waals surface area (Å²) in [7, 11) is 0. The summed E-state index contributed by atoms with van der Waals surface area (Å²) in [5.41, 5.74) is 8.55. The molecule has 0 amide bonds. The van der Waals surface area contributed by atoms with Crippen molar-refractivity contribution in [2.75, 3.05) is 0 Å². The van der Waals surface area contributed by atoms with Gasteiger partial charge in [-0.15, -0.1) is 0 Å². The lowest BCUT2D eigenvalue weighted by Crippen LogP contribution is -2.45. The van der Waals surface area contributed by atoms with Gasteiger partial charge < -0.3 is 11.2 Å². The Morgan fingerprint density at radius 3 is 1.36 bits per heavy atom. The zero-order valence-electron chi connectivity index (χ0n) is 22.7. The summed E-state index contributed by atoms with van der Waals surface area (Å²) in [5.74, 6) is 0. The van der Waals surface area contributed by atoms with E-state index in [-0.39, 0.29) is 16.9 Å². The minimum absolute atomic E-state index is 0. The van der Waals surface area contributed by atoms with E-state index in [9.17, 15) is 0 Å². The molecule has 1 unspecified atom stereocenters. The molecule has 4 N–H and O–H groups in total. The van der Waals surface area contributed by atoms with Crippen LogP contribution in [0.5, 0.6) is 0 Å². The van der Waals surface area contributed by atoms with Crippen molar-refractivity contribution in [3.8, 4) is 0 Å². The lowest BCUT2D eigenvalue weighted by Gasteiger charge is -2.40. The third-order valence-corrected chi connectivity index (χ3v) is 7.57. The molecular weight excluding hydrogens is 402 g/mol. The minimum Gasteiger partial charge on any atom is -0.412 e. The van der Waals surface area contributed by atoms with Crippen molar-refractivity contribution in [2.45, 2.75) is 161 Å². The van der Waals surface area contributed by atoms with Crippen molar-refractivity contribution >= 4 is 0 Å². The average Bonchev–Trinajstić information content (AvgIpc) is 2.81. The van der Waals surface area contributed by atoms with Crippen molar-refractivity contribution in [2.24, 2.45) is 5.73 Å². The van der Waals surface area contributed by atoms with E-state index in [4.69, 9.17) is 5.73 Å². The van der Waals surface area contributed by atoms with Gasteiger partial charge in [0.05, 0.1) is 0 Å². The van der Waals surface area contributed by atoms with Crippen LogP contribution in [0.4, 0.5) is 0 Å². The number of rotatable bonds is 22. The molecule has 0 spiro atoms. The van der Waals surface area contributed by atoms with Gasteiger partial charge in [-0.3, -0.25) is 0 Å². The predicted octanol–water partition coefficient (Wildman–Crippen LogP) is 9.29. The first kappa shape index (κ1) is 32.1. The second-order valence-corrected chi connectivity index (χ2v) is 10.4. The number of unbranched alkanes of at least 4 members (excludes halogenated alkanes) is 14. The molecule has 0 radical (unpaired) electrons. The molecule has 1 rings (SSSR count). The highest BCUT2D eigenvalue weighted by molar-refractivity contribution is 5.27. The van der Waals surface area contributed by atoms with E-state index >= 15 is 0 Å². The van der Waals surface area contributed by atoms with E-state index in [0.717, 1.165) is 0 Å². The topological polar surface area (TPSA) is 57.5 Å². The van der Waals surface area contributed by atoms with Crippen LogP contribution in [-0.4, -0.2) is 11.5 Å². The van der Waals surface area contributed by atoms with E-state index < -0.39 is 0 Å². The molecule has 2 nitrogen and oxygen atoms in total. The molecule has 0 saturated heterocycles. The van der Waals surface area contributed by atoms with Crippen molar-refractivity contribution in [1.29, 1.82) is 0 Å². The van der Waals surface area contributed by atoms with Gasteiger partial charge in [0.1, 0.15) is 0 Å². The monoisotopic (exact) mass is 461 g/mol. The molecule has 0 aliphatic carbocycles. The largest absolute Gasteiger partial charge is 0.412 e. The van der Waals surface area contributed by atoms with Crippen molar-refractivity contribution in [1.82, 2.24) is 0 Å². The Morgan fingerprint density at radius 2 is 0.970 bits per heavy atom. The van der Waals surface area contributed by atoms with E-state index in [2.05, 4.69) is 51.1 Å². The molecule has 0 bridgehead atoms. The Balaban J connectivity index is 0.0000102. The summed E-state index contributed by atoms with van der Waals surface area (Å²) in [6, 6.07) is 11.4. The maximum atomic E-state index is 6.91. The highest BCUT2D eigenvalue weighted by Gasteiger charge is 2.36. The second kappa shape index (κ2) is 21.7. The fraction of sp³-hybridized carbons (Fsp3) is 0.806. The lowest BCUT2D eigenvalue weighted by atomic mass is 9.67. The standard InChI is InChI=1S/C31H57N.H2O/c1-4-7-8-9-10-11-12-13-14-15-16-17-18-19-23-26-30(32)31(27-5-2,28-6-3)29-24-21-20-22-25-29;/h20-22,24-25,30H,4-19,23,26-28,32H2,1-3H3;1H2. The van der Waals surface area contributed by atoms with Crippen LogP contribution in [0.2, 0.25) is 0 Å². The highest BCUT2D eigenvalue weighted by Crippen LogP contribution is 2.38. The smallest absolute Gasteiger partial charge is 0.0136 e. The molecule has 194 valence electrons. The van der Waals surface area contributed by atoms with Gasteiger partial charge in [-0.05, 0) is 24.8 Å². The van der Waals surface area contributed by atoms with Crippen molar-refractivity contribution < 1.29 is 5.48 Å². The molecular formula is C31H59NO. The average molecular weight is 462 g/mol. The first-order valence-corrected chi connectivity index (χ1v) is 14.5. The van der Waals surface area contributed by atoms with E-state index in [1.54, 1.807) is 0 Å². The fourth-order valence-corrected chi connectivity index (χ4v) is 5.67. The molecule has 0 aliphatic rings. The van der Waals surface area contributed by atoms with E-state index in [0.29, 0.717) is 0 Å². The quantitative estimate of drug-likeness (QED) is 0.172. The number of hydrogen-bond acceptors (Lipinski definition) is 1. The summed E-state index contributed by atoms with van der Waals surface area (Å²) >= 11 is 0. The zero-order valence-corrected chi connectivity index (χ0v) is 22.7. The summed E-state index contributed by atoms with van der Waals surface area (Å²) in [6.45, 7) is 6.92. The van der Waals surface area contributed by atoms with Crippen LogP contribution in [0.3, 0.4) is 0 Å². The third kappa shape index (κ3) is 13.6. The molecule has 2 heteroatoms. The SMILES string of the molecule is CCCCCCCCCCCCCCCCCC(N)C(CCC)(CCC)c1ccccc1.O. The summed E-state index contributed by atoms with van der Waals surface area (Å²) in [5, 5.41) is 0. The Hall–Kier alpha value is -0.860. The van der Waals surface area contributed by atoms with Crippen molar-refractivity contribution in [3.63, 3.8) is 0 Å². The Morgan fingerprint density at radius 1 is 0.576 bits per heavy atom. The fourth-order valence-electron chi connectivity index (χ4n) is 5.67. The predicted molar refractivity (Wildman–Crippen MR) is 149 cm³/mol. The van der Waals surface area contributed by atoms with Gasteiger partial charge in [-0.25, -0.2) is 0 Å². The highest BCUT2D eigenvalue weighted by atomic mass is 16.0. The van der Waals surface area contributed by atoms with Gasteiger partial charge in [0.2, 0.25) is 0 Å². The maximum Gasteiger partial charge on any atom is 0.0136 e. The van der Waals surface area contributed by atoms with Gasteiger partial charge in [0, 0.05) is 11.5 Å². The van der Waals surface area contributed by atoms with Crippen LogP contribution < -0.4 is 5.73 Å². The van der Waals surface area contributed by atoms with Crippen molar-refractivity contribution in [3.05, 3.63) is 35.9 Å². The van der Waals surface area contributed by atoms with E-state index in [1.165, 1.54) is 134 Å².